The summed E-state index contributed by atoms with van der Waals surface area (Å²) < 4.78 is 43.0. The molecule has 0 unspecified atom stereocenters. The summed E-state index contributed by atoms with van der Waals surface area (Å²) in [4.78, 5) is 13.7. The zero-order chi connectivity index (χ0) is 16.3. The van der Waals surface area contributed by atoms with Crippen LogP contribution in [0.2, 0.25) is 10.0 Å². The van der Waals surface area contributed by atoms with Gasteiger partial charge in [0.05, 0.1) is 10.0 Å². The Balaban J connectivity index is 2.33. The average molecular weight is 351 g/mol. The van der Waals surface area contributed by atoms with Crippen LogP contribution in [0.3, 0.4) is 0 Å². The van der Waals surface area contributed by atoms with Crippen LogP contribution >= 0.6 is 23.2 Å². The minimum atomic E-state index is -4.59. The molecule has 4 nitrogen and oxygen atoms in total. The van der Waals surface area contributed by atoms with Gasteiger partial charge in [0.1, 0.15) is 5.69 Å². The summed E-state index contributed by atoms with van der Waals surface area (Å²) in [5.74, 6) is -0.374. The largest absolute Gasteiger partial charge is 0.436 e. The Morgan fingerprint density at radius 1 is 1.18 bits per heavy atom. The van der Waals surface area contributed by atoms with Crippen LogP contribution in [0.5, 0.6) is 11.6 Å². The van der Waals surface area contributed by atoms with Crippen molar-refractivity contribution in [2.45, 2.75) is 6.18 Å². The number of aromatic nitrogens is 1. The fraction of sp³-hybridized carbons (Fsp3) is 0.0769. The third-order valence-electron chi connectivity index (χ3n) is 2.44. The van der Waals surface area contributed by atoms with Crippen molar-refractivity contribution in [2.24, 2.45) is 0 Å². The fourth-order valence-corrected chi connectivity index (χ4v) is 2.11. The number of carbonyl (C=O) groups excluding carboxylic acids is 1. The second-order valence-corrected chi connectivity index (χ2v) is 4.81. The van der Waals surface area contributed by atoms with Gasteiger partial charge in [-0.25, -0.2) is 4.98 Å². The van der Waals surface area contributed by atoms with E-state index in [2.05, 4.69) is 10.3 Å². The molecule has 0 radical (unpaired) electrons. The lowest BCUT2D eigenvalue weighted by Gasteiger charge is -2.12. The van der Waals surface area contributed by atoms with Crippen LogP contribution in [0.1, 0.15) is 5.69 Å². The number of ether oxygens (including phenoxy) is 1. The number of hydrogen-bond acceptors (Lipinski definition) is 3. The molecule has 1 amide bonds. The average Bonchev–Trinajstić information content (AvgIpc) is 2.43. The number of hydrogen-bond donors (Lipinski definition) is 1. The van der Waals surface area contributed by atoms with E-state index in [1.54, 1.807) is 0 Å². The maximum absolute atomic E-state index is 12.6. The maximum Gasteiger partial charge on any atom is 0.433 e. The van der Waals surface area contributed by atoms with Crippen LogP contribution in [0, 0.1) is 0 Å². The standard InChI is InChI=1S/C13H7Cl2F3N2O2/c14-8-4-7(19-6-21)5-9(15)12(8)22-11-3-1-2-10(20-11)13(16,17)18/h1-6H,(H,19,21). The molecule has 1 heterocycles. The molecule has 0 saturated heterocycles. The van der Waals surface area contributed by atoms with E-state index in [1.165, 1.54) is 18.2 Å². The lowest BCUT2D eigenvalue weighted by atomic mass is 10.3. The van der Waals surface area contributed by atoms with Crippen molar-refractivity contribution >= 4 is 35.3 Å². The second kappa shape index (κ2) is 6.41. The topological polar surface area (TPSA) is 51.2 Å². The first kappa shape index (κ1) is 16.4. The molecule has 0 spiro atoms. The van der Waals surface area contributed by atoms with Crippen LogP contribution in [-0.2, 0) is 11.0 Å². The number of amides is 1. The highest BCUT2D eigenvalue weighted by Crippen LogP contribution is 2.39. The Labute approximate surface area is 132 Å². The first-order valence-electron chi connectivity index (χ1n) is 5.72. The zero-order valence-electron chi connectivity index (χ0n) is 10.6. The molecule has 0 atom stereocenters. The van der Waals surface area contributed by atoms with E-state index in [4.69, 9.17) is 27.9 Å². The maximum atomic E-state index is 12.6. The van der Waals surface area contributed by atoms with Crippen LogP contribution in [0.15, 0.2) is 30.3 Å². The molecule has 116 valence electrons. The van der Waals surface area contributed by atoms with E-state index in [-0.39, 0.29) is 21.7 Å². The van der Waals surface area contributed by atoms with Gasteiger partial charge in [-0.1, -0.05) is 29.3 Å². The number of halogens is 5. The Morgan fingerprint density at radius 2 is 1.82 bits per heavy atom. The predicted octanol–water partition coefficient (Wildman–Crippen LogP) is 4.77. The van der Waals surface area contributed by atoms with Crippen molar-refractivity contribution < 1.29 is 22.7 Å². The summed E-state index contributed by atoms with van der Waals surface area (Å²) in [6.45, 7) is 0. The lowest BCUT2D eigenvalue weighted by molar-refractivity contribution is -0.141. The quantitative estimate of drug-likeness (QED) is 0.808. The van der Waals surface area contributed by atoms with Gasteiger partial charge >= 0.3 is 6.18 Å². The molecule has 0 saturated carbocycles. The highest BCUT2D eigenvalue weighted by atomic mass is 35.5. The van der Waals surface area contributed by atoms with Crippen molar-refractivity contribution in [3.63, 3.8) is 0 Å². The molecule has 0 aliphatic carbocycles. The Bertz CT molecular complexity index is 685. The van der Waals surface area contributed by atoms with Gasteiger partial charge in [-0.15, -0.1) is 0 Å². The van der Waals surface area contributed by atoms with E-state index < -0.39 is 11.9 Å². The predicted molar refractivity (Wildman–Crippen MR) is 75.5 cm³/mol. The van der Waals surface area contributed by atoms with Crippen molar-refractivity contribution in [1.82, 2.24) is 4.98 Å². The molecule has 1 aromatic carbocycles. The summed E-state index contributed by atoms with van der Waals surface area (Å²) in [7, 11) is 0. The summed E-state index contributed by atoms with van der Waals surface area (Å²) in [6, 6.07) is 5.87. The van der Waals surface area contributed by atoms with Crippen molar-refractivity contribution in [3.05, 3.63) is 46.1 Å². The lowest BCUT2D eigenvalue weighted by Crippen LogP contribution is -2.08. The zero-order valence-corrected chi connectivity index (χ0v) is 12.1. The van der Waals surface area contributed by atoms with E-state index >= 15 is 0 Å². The summed E-state index contributed by atoms with van der Waals surface area (Å²) in [6.07, 6.45) is -4.17. The molecule has 0 aliphatic rings. The molecule has 1 N–H and O–H groups in total. The molecule has 9 heteroatoms. The number of rotatable bonds is 4. The monoisotopic (exact) mass is 350 g/mol. The highest BCUT2D eigenvalue weighted by Gasteiger charge is 2.32. The normalized spacial score (nSPS) is 11.1. The third-order valence-corrected chi connectivity index (χ3v) is 3.01. The number of nitrogens with one attached hydrogen (secondary N) is 1. The SMILES string of the molecule is O=CNc1cc(Cl)c(Oc2cccc(C(F)(F)F)n2)c(Cl)c1. The van der Waals surface area contributed by atoms with Crippen molar-refractivity contribution in [2.75, 3.05) is 5.32 Å². The van der Waals surface area contributed by atoms with Gasteiger partial charge < -0.3 is 10.1 Å². The molecule has 2 rings (SSSR count). The summed E-state index contributed by atoms with van der Waals surface area (Å²) in [5, 5.41) is 2.36. The van der Waals surface area contributed by atoms with Gasteiger partial charge in [0.25, 0.3) is 0 Å². The van der Waals surface area contributed by atoms with Crippen molar-refractivity contribution in [1.29, 1.82) is 0 Å². The number of carbonyl (C=O) groups is 1. The van der Waals surface area contributed by atoms with Gasteiger partial charge in [0.2, 0.25) is 12.3 Å². The molecular formula is C13H7Cl2F3N2O2. The number of anilines is 1. The Kier molecular flexibility index (Phi) is 4.77. The Morgan fingerprint density at radius 3 is 2.36 bits per heavy atom. The van der Waals surface area contributed by atoms with E-state index in [1.807, 2.05) is 0 Å². The van der Waals surface area contributed by atoms with Crippen LogP contribution in [0.4, 0.5) is 18.9 Å². The minimum absolute atomic E-state index is 0.0102. The first-order valence-corrected chi connectivity index (χ1v) is 6.48. The fourth-order valence-electron chi connectivity index (χ4n) is 1.54. The smallest absolute Gasteiger partial charge is 0.433 e. The number of pyridine rings is 1. The minimum Gasteiger partial charge on any atom is -0.436 e. The van der Waals surface area contributed by atoms with E-state index in [9.17, 15) is 18.0 Å². The molecule has 1 aromatic heterocycles. The third kappa shape index (κ3) is 3.80. The van der Waals surface area contributed by atoms with Crippen molar-refractivity contribution in [3.8, 4) is 11.6 Å². The number of nitrogens with zero attached hydrogens (tertiary/aromatic N) is 1. The van der Waals surface area contributed by atoms with Gasteiger partial charge in [-0.2, -0.15) is 13.2 Å². The molecule has 0 fully saturated rings. The van der Waals surface area contributed by atoms with Gasteiger partial charge in [0.15, 0.2) is 5.75 Å². The summed E-state index contributed by atoms with van der Waals surface area (Å²) in [5.41, 5.74) is -0.786. The Hall–Kier alpha value is -1.99. The van der Waals surface area contributed by atoms with Gasteiger partial charge in [-0.3, -0.25) is 4.79 Å². The second-order valence-electron chi connectivity index (χ2n) is 3.99. The van der Waals surface area contributed by atoms with Gasteiger partial charge in [0, 0.05) is 11.8 Å². The molecule has 2 aromatic rings. The van der Waals surface area contributed by atoms with Gasteiger partial charge in [-0.05, 0) is 18.2 Å². The highest BCUT2D eigenvalue weighted by molar-refractivity contribution is 6.37. The van der Waals surface area contributed by atoms with E-state index in [0.29, 0.717) is 12.1 Å². The number of benzene rings is 1. The molecule has 0 bridgehead atoms. The summed E-state index contributed by atoms with van der Waals surface area (Å²) >= 11 is 11.9. The van der Waals surface area contributed by atoms with E-state index in [0.717, 1.165) is 12.1 Å². The van der Waals surface area contributed by atoms with Crippen LogP contribution in [0.25, 0.3) is 0 Å². The first-order chi connectivity index (χ1) is 10.3. The number of alkyl halides is 3. The van der Waals surface area contributed by atoms with Crippen LogP contribution < -0.4 is 10.1 Å². The molecule has 22 heavy (non-hydrogen) atoms. The molecular weight excluding hydrogens is 344 g/mol. The van der Waals surface area contributed by atoms with Crippen LogP contribution in [-0.4, -0.2) is 11.4 Å². The molecule has 0 aliphatic heterocycles.